The Labute approximate surface area is 122 Å². The molecule has 0 spiro atoms. The lowest BCUT2D eigenvalue weighted by atomic mass is 10.1. The number of aliphatic hydroxyl groups is 1. The summed E-state index contributed by atoms with van der Waals surface area (Å²) in [6.45, 7) is 0.505. The number of aliphatic hydroxyl groups excluding tert-OH is 1. The molecule has 0 amide bonds. The van der Waals surface area contributed by atoms with Crippen molar-refractivity contribution in [1.82, 2.24) is 9.78 Å². The van der Waals surface area contributed by atoms with E-state index in [-0.39, 0.29) is 6.61 Å². The third-order valence-electron chi connectivity index (χ3n) is 2.30. The molecule has 0 unspecified atom stereocenters. The van der Waals surface area contributed by atoms with Crippen molar-refractivity contribution >= 4 is 45.8 Å². The van der Waals surface area contributed by atoms with Gasteiger partial charge in [0.05, 0.1) is 38.7 Å². The molecular formula is C11H9Cl2IN2O. The SMILES string of the molecule is OCCn1ncc(I)c1-c1ccc(Cl)c(Cl)c1. The second-order valence-corrected chi connectivity index (χ2v) is 5.39. The minimum absolute atomic E-state index is 0.0477. The van der Waals surface area contributed by atoms with Gasteiger partial charge in [0.25, 0.3) is 0 Å². The summed E-state index contributed by atoms with van der Waals surface area (Å²) in [6.07, 6.45) is 1.76. The van der Waals surface area contributed by atoms with E-state index in [1.807, 2.05) is 6.07 Å². The number of nitrogens with zero attached hydrogens (tertiary/aromatic N) is 2. The predicted octanol–water partition coefficient (Wildman–Crippen LogP) is 3.45. The highest BCUT2D eigenvalue weighted by atomic mass is 127. The van der Waals surface area contributed by atoms with Gasteiger partial charge in [0.2, 0.25) is 0 Å². The first kappa shape index (κ1) is 13.1. The first-order chi connectivity index (χ1) is 8.13. The Morgan fingerprint density at radius 2 is 2.06 bits per heavy atom. The zero-order valence-corrected chi connectivity index (χ0v) is 12.4. The van der Waals surface area contributed by atoms with Gasteiger partial charge in [0.1, 0.15) is 0 Å². The zero-order chi connectivity index (χ0) is 12.4. The summed E-state index contributed by atoms with van der Waals surface area (Å²) in [5.74, 6) is 0. The lowest BCUT2D eigenvalue weighted by Crippen LogP contribution is -2.05. The molecule has 1 aromatic heterocycles. The summed E-state index contributed by atoms with van der Waals surface area (Å²) in [5, 5.41) is 14.2. The lowest BCUT2D eigenvalue weighted by Gasteiger charge is -2.07. The summed E-state index contributed by atoms with van der Waals surface area (Å²) in [5.41, 5.74) is 1.88. The Kier molecular flexibility index (Phi) is 4.30. The van der Waals surface area contributed by atoms with Gasteiger partial charge in [-0.15, -0.1) is 0 Å². The van der Waals surface area contributed by atoms with Gasteiger partial charge in [-0.25, -0.2) is 0 Å². The molecule has 0 atom stereocenters. The minimum atomic E-state index is 0.0477. The van der Waals surface area contributed by atoms with Crippen LogP contribution in [-0.4, -0.2) is 21.5 Å². The highest BCUT2D eigenvalue weighted by molar-refractivity contribution is 14.1. The summed E-state index contributed by atoms with van der Waals surface area (Å²) < 4.78 is 2.76. The number of benzene rings is 1. The van der Waals surface area contributed by atoms with Crippen molar-refractivity contribution in [1.29, 1.82) is 0 Å². The summed E-state index contributed by atoms with van der Waals surface area (Å²) in [7, 11) is 0. The molecule has 90 valence electrons. The Hall–Kier alpha value is -0.300. The molecule has 2 aromatic rings. The number of halogens is 3. The van der Waals surface area contributed by atoms with Gasteiger partial charge in [-0.05, 0) is 34.7 Å². The van der Waals surface area contributed by atoms with Gasteiger partial charge < -0.3 is 5.11 Å². The number of hydrogen-bond acceptors (Lipinski definition) is 2. The molecule has 0 saturated carbocycles. The average Bonchev–Trinajstić information content (AvgIpc) is 2.65. The van der Waals surface area contributed by atoms with Gasteiger partial charge in [-0.2, -0.15) is 5.10 Å². The van der Waals surface area contributed by atoms with E-state index in [1.165, 1.54) is 0 Å². The van der Waals surface area contributed by atoms with Crippen LogP contribution in [0.1, 0.15) is 0 Å². The fraction of sp³-hybridized carbons (Fsp3) is 0.182. The van der Waals surface area contributed by atoms with Crippen molar-refractivity contribution in [2.24, 2.45) is 0 Å². The quantitative estimate of drug-likeness (QED) is 0.825. The second-order valence-electron chi connectivity index (χ2n) is 3.42. The summed E-state index contributed by atoms with van der Waals surface area (Å²) in [6, 6.07) is 5.45. The first-order valence-corrected chi connectivity index (χ1v) is 6.74. The molecule has 0 saturated heterocycles. The smallest absolute Gasteiger partial charge is 0.0817 e. The van der Waals surface area contributed by atoms with Crippen molar-refractivity contribution in [2.45, 2.75) is 6.54 Å². The standard InChI is InChI=1S/C11H9Cl2IN2O/c12-8-2-1-7(5-9(8)13)11-10(14)6-15-16(11)3-4-17/h1-2,5-6,17H,3-4H2. The van der Waals surface area contributed by atoms with Gasteiger partial charge in [-0.3, -0.25) is 4.68 Å². The van der Waals surface area contributed by atoms with E-state index in [0.29, 0.717) is 16.6 Å². The van der Waals surface area contributed by atoms with Gasteiger partial charge >= 0.3 is 0 Å². The van der Waals surface area contributed by atoms with E-state index in [1.54, 1.807) is 23.0 Å². The monoisotopic (exact) mass is 382 g/mol. The fourth-order valence-corrected chi connectivity index (χ4v) is 2.57. The molecule has 0 aliphatic heterocycles. The molecule has 0 radical (unpaired) electrons. The van der Waals surface area contributed by atoms with Crippen LogP contribution in [0.5, 0.6) is 0 Å². The van der Waals surface area contributed by atoms with E-state index >= 15 is 0 Å². The molecule has 0 bridgehead atoms. The van der Waals surface area contributed by atoms with Crippen molar-refractivity contribution in [3.05, 3.63) is 38.0 Å². The number of hydrogen-bond donors (Lipinski definition) is 1. The summed E-state index contributed by atoms with van der Waals surface area (Å²) in [4.78, 5) is 0. The molecule has 3 nitrogen and oxygen atoms in total. The third kappa shape index (κ3) is 2.76. The largest absolute Gasteiger partial charge is 0.394 e. The van der Waals surface area contributed by atoms with Crippen LogP contribution < -0.4 is 0 Å². The highest BCUT2D eigenvalue weighted by Gasteiger charge is 2.12. The molecule has 0 fully saturated rings. The van der Waals surface area contributed by atoms with E-state index < -0.39 is 0 Å². The number of aromatic nitrogens is 2. The predicted molar refractivity (Wildman–Crippen MR) is 77.5 cm³/mol. The molecule has 0 aliphatic rings. The van der Waals surface area contributed by atoms with E-state index in [0.717, 1.165) is 14.8 Å². The van der Waals surface area contributed by atoms with E-state index in [2.05, 4.69) is 27.7 Å². The zero-order valence-electron chi connectivity index (χ0n) is 8.70. The molecular weight excluding hydrogens is 374 g/mol. The molecule has 2 rings (SSSR count). The Morgan fingerprint density at radius 3 is 2.71 bits per heavy atom. The van der Waals surface area contributed by atoms with Crippen molar-refractivity contribution in [3.8, 4) is 11.3 Å². The molecule has 17 heavy (non-hydrogen) atoms. The van der Waals surface area contributed by atoms with Crippen molar-refractivity contribution in [3.63, 3.8) is 0 Å². The molecule has 1 N–H and O–H groups in total. The molecule has 0 aliphatic carbocycles. The molecule has 6 heteroatoms. The molecule has 1 aromatic carbocycles. The van der Waals surface area contributed by atoms with Crippen LogP contribution >= 0.6 is 45.8 Å². The van der Waals surface area contributed by atoms with Crippen molar-refractivity contribution in [2.75, 3.05) is 6.61 Å². The maximum absolute atomic E-state index is 8.99. The maximum Gasteiger partial charge on any atom is 0.0817 e. The fourth-order valence-electron chi connectivity index (χ4n) is 1.56. The van der Waals surface area contributed by atoms with Gasteiger partial charge in [0, 0.05) is 5.56 Å². The highest BCUT2D eigenvalue weighted by Crippen LogP contribution is 2.30. The Bertz CT molecular complexity index is 542. The van der Waals surface area contributed by atoms with E-state index in [4.69, 9.17) is 28.3 Å². The second kappa shape index (κ2) is 5.56. The van der Waals surface area contributed by atoms with Crippen LogP contribution in [-0.2, 0) is 6.54 Å². The maximum atomic E-state index is 8.99. The van der Waals surface area contributed by atoms with Crippen LogP contribution in [0.2, 0.25) is 10.0 Å². The van der Waals surface area contributed by atoms with Crippen molar-refractivity contribution < 1.29 is 5.11 Å². The Morgan fingerprint density at radius 1 is 1.29 bits per heavy atom. The van der Waals surface area contributed by atoms with Gasteiger partial charge in [0.15, 0.2) is 0 Å². The van der Waals surface area contributed by atoms with Crippen LogP contribution in [0.4, 0.5) is 0 Å². The lowest BCUT2D eigenvalue weighted by molar-refractivity contribution is 0.270. The topological polar surface area (TPSA) is 38.0 Å². The first-order valence-electron chi connectivity index (χ1n) is 4.91. The average molecular weight is 383 g/mol. The normalized spacial score (nSPS) is 10.8. The minimum Gasteiger partial charge on any atom is -0.394 e. The number of rotatable bonds is 3. The van der Waals surface area contributed by atoms with Crippen LogP contribution in [0.3, 0.4) is 0 Å². The summed E-state index contributed by atoms with van der Waals surface area (Å²) >= 11 is 14.1. The van der Waals surface area contributed by atoms with Crippen LogP contribution in [0.25, 0.3) is 11.3 Å². The van der Waals surface area contributed by atoms with E-state index in [9.17, 15) is 0 Å². The van der Waals surface area contributed by atoms with Gasteiger partial charge in [-0.1, -0.05) is 29.3 Å². The molecule has 1 heterocycles. The van der Waals surface area contributed by atoms with Crippen LogP contribution in [0.15, 0.2) is 24.4 Å². The van der Waals surface area contributed by atoms with Crippen LogP contribution in [0, 0.1) is 3.57 Å². The third-order valence-corrected chi connectivity index (χ3v) is 3.83. The Balaban J connectivity index is 2.51.